The lowest BCUT2D eigenvalue weighted by molar-refractivity contribution is 0.328. The van der Waals surface area contributed by atoms with Gasteiger partial charge in [-0.15, -0.1) is 0 Å². The topological polar surface area (TPSA) is 55.3 Å². The van der Waals surface area contributed by atoms with Crippen molar-refractivity contribution >= 4 is 13.6 Å². The molecule has 4 N–H and O–H groups in total. The first-order chi connectivity index (χ1) is 22.3. The van der Waals surface area contributed by atoms with Gasteiger partial charge >= 0.3 is 0 Å². The zero-order chi connectivity index (χ0) is 34.2. The van der Waals surface area contributed by atoms with E-state index in [-0.39, 0.29) is 0 Å². The standard InChI is InChI=1S/C31H47N.C11H23N.BH2N/c1-7-25(5)30(22-23(2)3)26(6)31(28-17-13-24(4)14-18-28)29-19-15-27(16-20-29)12-10-8-9-11-21-32;1-2-3-4-5-6-9-12-10-7-8-11-12;1-2/h13-20,23,25,30H,7-12,21-22,32H2,1-6H3;2-11H2,1H3;2H2/b31-26-;;. The number of rotatable bonds is 19. The van der Waals surface area contributed by atoms with Crippen LogP contribution >= 0.6 is 0 Å². The molecule has 0 saturated carbocycles. The summed E-state index contributed by atoms with van der Waals surface area (Å²) in [6.45, 7) is 21.2. The van der Waals surface area contributed by atoms with Crippen molar-refractivity contribution in [2.24, 2.45) is 29.1 Å². The molecule has 1 saturated heterocycles. The highest BCUT2D eigenvalue weighted by Crippen LogP contribution is 2.37. The molecule has 0 amide bonds. The first kappa shape index (κ1) is 42.1. The molecule has 0 bridgehead atoms. The van der Waals surface area contributed by atoms with E-state index in [0.717, 1.165) is 19.4 Å². The van der Waals surface area contributed by atoms with Gasteiger partial charge in [-0.1, -0.05) is 139 Å². The predicted octanol–water partition coefficient (Wildman–Crippen LogP) is 10.7. The molecule has 258 valence electrons. The van der Waals surface area contributed by atoms with Crippen LogP contribution in [0.1, 0.15) is 147 Å². The maximum absolute atomic E-state index is 5.62. The summed E-state index contributed by atoms with van der Waals surface area (Å²) in [5.41, 5.74) is 18.1. The third kappa shape index (κ3) is 16.8. The van der Waals surface area contributed by atoms with Crippen LogP contribution in [0.4, 0.5) is 0 Å². The smallest absolute Gasteiger partial charge is 0.174 e. The number of aryl methyl sites for hydroxylation is 2. The summed E-state index contributed by atoms with van der Waals surface area (Å²) in [5, 5.41) is 0. The highest BCUT2D eigenvalue weighted by molar-refractivity contribution is 6.02. The van der Waals surface area contributed by atoms with Crippen molar-refractivity contribution < 1.29 is 0 Å². The number of likely N-dealkylation sites (tertiary alicyclic amines) is 1. The molecule has 0 aliphatic carbocycles. The quantitative estimate of drug-likeness (QED) is 0.120. The van der Waals surface area contributed by atoms with Gasteiger partial charge in [0.2, 0.25) is 0 Å². The lowest BCUT2D eigenvalue weighted by atomic mass is 9.76. The molecule has 1 aliphatic heterocycles. The van der Waals surface area contributed by atoms with Gasteiger partial charge in [-0.2, -0.15) is 0 Å². The van der Waals surface area contributed by atoms with Crippen LogP contribution in [-0.4, -0.2) is 39.1 Å². The Hall–Kier alpha value is -1.88. The third-order valence-corrected chi connectivity index (χ3v) is 9.79. The molecular weight excluding hydrogens is 557 g/mol. The second-order valence-corrected chi connectivity index (χ2v) is 14.2. The Labute approximate surface area is 287 Å². The van der Waals surface area contributed by atoms with E-state index in [9.17, 15) is 0 Å². The molecule has 2 radical (unpaired) electrons. The average molecular weight is 630 g/mol. The fourth-order valence-corrected chi connectivity index (χ4v) is 6.77. The second-order valence-electron chi connectivity index (χ2n) is 14.2. The number of hydrogen-bond acceptors (Lipinski definition) is 3. The number of unbranched alkanes of at least 4 members (excludes halogenated alkanes) is 7. The summed E-state index contributed by atoms with van der Waals surface area (Å²) >= 11 is 0. The van der Waals surface area contributed by atoms with Crippen molar-refractivity contribution in [1.29, 1.82) is 0 Å². The largest absolute Gasteiger partial charge is 0.380 e. The van der Waals surface area contributed by atoms with Crippen molar-refractivity contribution in [2.45, 2.75) is 138 Å². The summed E-state index contributed by atoms with van der Waals surface area (Å²) in [4.78, 5) is 2.62. The molecule has 1 heterocycles. The molecule has 4 heteroatoms. The van der Waals surface area contributed by atoms with Crippen LogP contribution in [0, 0.1) is 24.7 Å². The van der Waals surface area contributed by atoms with Crippen molar-refractivity contribution in [3.63, 3.8) is 0 Å². The van der Waals surface area contributed by atoms with Crippen LogP contribution in [0.15, 0.2) is 54.1 Å². The number of allylic oxidation sites excluding steroid dienone is 1. The van der Waals surface area contributed by atoms with E-state index in [1.807, 2.05) is 0 Å². The van der Waals surface area contributed by atoms with Gasteiger partial charge in [0.05, 0.1) is 0 Å². The van der Waals surface area contributed by atoms with Gasteiger partial charge in [0.25, 0.3) is 0 Å². The van der Waals surface area contributed by atoms with Crippen LogP contribution in [0.25, 0.3) is 5.57 Å². The molecule has 2 unspecified atom stereocenters. The fourth-order valence-electron chi connectivity index (χ4n) is 6.77. The molecule has 1 fully saturated rings. The van der Waals surface area contributed by atoms with Gasteiger partial charge in [-0.05, 0) is 125 Å². The van der Waals surface area contributed by atoms with Crippen molar-refractivity contribution in [3.05, 3.63) is 76.4 Å². The van der Waals surface area contributed by atoms with E-state index in [2.05, 4.69) is 116 Å². The minimum absolute atomic E-state index is 0.610. The Morgan fingerprint density at radius 3 is 1.85 bits per heavy atom. The summed E-state index contributed by atoms with van der Waals surface area (Å²) < 4.78 is 0. The lowest BCUT2D eigenvalue weighted by Crippen LogP contribution is -2.20. The molecule has 2 aromatic carbocycles. The van der Waals surface area contributed by atoms with E-state index in [4.69, 9.17) is 5.73 Å². The molecule has 0 spiro atoms. The Balaban J connectivity index is 0.000000629. The Morgan fingerprint density at radius 1 is 0.761 bits per heavy atom. The SMILES string of the molecule is CCC(C)C(CC(C)C)/C(C)=C(/c1ccc(C)cc1)c1ccc(CCCCCCN)cc1.CCCCCCCN1CCCC1.[B]N. The zero-order valence-corrected chi connectivity index (χ0v) is 31.3. The van der Waals surface area contributed by atoms with Crippen LogP contribution in [0.3, 0.4) is 0 Å². The zero-order valence-electron chi connectivity index (χ0n) is 31.3. The maximum atomic E-state index is 5.62. The van der Waals surface area contributed by atoms with Gasteiger partial charge in [-0.25, -0.2) is 0 Å². The fraction of sp³-hybridized carbons (Fsp3) is 0.667. The molecule has 0 aromatic heterocycles. The van der Waals surface area contributed by atoms with E-state index in [1.165, 1.54) is 125 Å². The first-order valence-corrected chi connectivity index (χ1v) is 18.9. The van der Waals surface area contributed by atoms with Crippen molar-refractivity contribution in [3.8, 4) is 0 Å². The van der Waals surface area contributed by atoms with Crippen LogP contribution in [-0.2, 0) is 6.42 Å². The Kier molecular flexibility index (Phi) is 23.9. The molecule has 2 aromatic rings. The summed E-state index contributed by atoms with van der Waals surface area (Å²) in [6, 6.07) is 18.5. The average Bonchev–Trinajstić information content (AvgIpc) is 3.59. The summed E-state index contributed by atoms with van der Waals surface area (Å²) in [5.74, 6) is 1.99. The van der Waals surface area contributed by atoms with Gasteiger partial charge in [0, 0.05) is 0 Å². The van der Waals surface area contributed by atoms with Crippen molar-refractivity contribution in [2.75, 3.05) is 26.2 Å². The van der Waals surface area contributed by atoms with E-state index in [0.29, 0.717) is 17.8 Å². The molecule has 3 rings (SSSR count). The molecular formula is C42H72BN3. The summed E-state index contributed by atoms with van der Waals surface area (Å²) in [7, 11) is 4.00. The van der Waals surface area contributed by atoms with Crippen molar-refractivity contribution in [1.82, 2.24) is 4.90 Å². The highest BCUT2D eigenvalue weighted by atomic mass is 15.1. The maximum Gasteiger partial charge on any atom is 0.174 e. The number of nitrogens with two attached hydrogens (primary N) is 2. The first-order valence-electron chi connectivity index (χ1n) is 18.9. The lowest BCUT2D eigenvalue weighted by Gasteiger charge is -2.29. The van der Waals surface area contributed by atoms with Gasteiger partial charge < -0.3 is 16.3 Å². The van der Waals surface area contributed by atoms with E-state index < -0.39 is 0 Å². The Morgan fingerprint density at radius 2 is 1.30 bits per heavy atom. The van der Waals surface area contributed by atoms with Gasteiger partial charge in [-0.3, -0.25) is 0 Å². The minimum Gasteiger partial charge on any atom is -0.380 e. The molecule has 46 heavy (non-hydrogen) atoms. The van der Waals surface area contributed by atoms with Crippen LogP contribution in [0.5, 0.6) is 0 Å². The van der Waals surface area contributed by atoms with Crippen LogP contribution < -0.4 is 11.4 Å². The van der Waals surface area contributed by atoms with E-state index >= 15 is 0 Å². The normalized spacial score (nSPS) is 15.0. The van der Waals surface area contributed by atoms with E-state index in [1.54, 1.807) is 5.57 Å². The monoisotopic (exact) mass is 630 g/mol. The minimum atomic E-state index is 0.610. The molecule has 2 atom stereocenters. The predicted molar refractivity (Wildman–Crippen MR) is 207 cm³/mol. The summed E-state index contributed by atoms with van der Waals surface area (Å²) in [6.07, 6.45) is 18.6. The van der Waals surface area contributed by atoms with Crippen LogP contribution in [0.2, 0.25) is 0 Å². The number of hydrogen-bond donors (Lipinski definition) is 2. The van der Waals surface area contributed by atoms with Gasteiger partial charge in [0.1, 0.15) is 0 Å². The molecule has 1 aliphatic rings. The number of benzene rings is 2. The Bertz CT molecular complexity index is 1020. The number of nitrogens with zero attached hydrogens (tertiary/aromatic N) is 1. The third-order valence-electron chi connectivity index (χ3n) is 9.79. The molecule has 3 nitrogen and oxygen atoms in total. The highest BCUT2D eigenvalue weighted by Gasteiger charge is 2.23. The van der Waals surface area contributed by atoms with Gasteiger partial charge in [0.15, 0.2) is 7.98 Å². The second kappa shape index (κ2) is 26.1.